The van der Waals surface area contributed by atoms with Crippen molar-refractivity contribution in [3.63, 3.8) is 0 Å². The first-order valence-corrected chi connectivity index (χ1v) is 9.46. The first-order valence-electron chi connectivity index (χ1n) is 9.46. The van der Waals surface area contributed by atoms with E-state index in [-0.39, 0.29) is 0 Å². The summed E-state index contributed by atoms with van der Waals surface area (Å²) < 4.78 is 0. The van der Waals surface area contributed by atoms with Crippen molar-refractivity contribution in [2.75, 3.05) is 0 Å². The third-order valence-corrected chi connectivity index (χ3v) is 5.12. The molecule has 2 aromatic carbocycles. The molecule has 2 heteroatoms. The second-order valence-corrected chi connectivity index (χ2v) is 7.06. The van der Waals surface area contributed by atoms with Gasteiger partial charge >= 0.3 is 0 Å². The Bertz CT molecular complexity index is 921. The van der Waals surface area contributed by atoms with Gasteiger partial charge in [0.1, 0.15) is 0 Å². The van der Waals surface area contributed by atoms with Gasteiger partial charge in [-0.25, -0.2) is 0 Å². The minimum atomic E-state index is 0.963. The highest BCUT2D eigenvalue weighted by Gasteiger charge is 2.10. The number of aromatic nitrogens is 2. The second kappa shape index (κ2) is 6.79. The summed E-state index contributed by atoms with van der Waals surface area (Å²) in [5, 5.41) is 2.73. The SMILES string of the molecule is CCCc1ccc2[nH]cc(Cc3c[nH]c4ccc(CCC)cc34)c2c1. The van der Waals surface area contributed by atoms with Crippen LogP contribution in [-0.2, 0) is 19.3 Å². The number of hydrogen-bond acceptors (Lipinski definition) is 0. The van der Waals surface area contributed by atoms with Gasteiger partial charge in [-0.2, -0.15) is 0 Å². The Labute approximate surface area is 149 Å². The zero-order valence-corrected chi connectivity index (χ0v) is 15.2. The molecular weight excluding hydrogens is 304 g/mol. The average Bonchev–Trinajstić information content (AvgIpc) is 3.20. The molecule has 4 rings (SSSR count). The molecule has 0 saturated carbocycles. The van der Waals surface area contributed by atoms with Gasteiger partial charge in [-0.05, 0) is 59.4 Å². The molecule has 0 saturated heterocycles. The molecule has 2 heterocycles. The normalized spacial score (nSPS) is 11.6. The summed E-state index contributed by atoms with van der Waals surface area (Å²) in [6, 6.07) is 13.7. The number of fused-ring (bicyclic) bond motifs is 2. The van der Waals surface area contributed by atoms with Crippen molar-refractivity contribution >= 4 is 21.8 Å². The fraction of sp³-hybridized carbons (Fsp3) is 0.304. The highest BCUT2D eigenvalue weighted by Crippen LogP contribution is 2.27. The predicted octanol–water partition coefficient (Wildman–Crippen LogP) is 6.15. The molecule has 0 atom stereocenters. The molecule has 0 bridgehead atoms. The van der Waals surface area contributed by atoms with Crippen LogP contribution in [0.3, 0.4) is 0 Å². The van der Waals surface area contributed by atoms with Gasteiger partial charge in [0.25, 0.3) is 0 Å². The molecule has 0 amide bonds. The lowest BCUT2D eigenvalue weighted by Crippen LogP contribution is -1.88. The molecule has 0 aliphatic carbocycles. The molecule has 2 aromatic heterocycles. The molecule has 0 aliphatic rings. The van der Waals surface area contributed by atoms with E-state index in [9.17, 15) is 0 Å². The number of aryl methyl sites for hydroxylation is 2. The van der Waals surface area contributed by atoms with Crippen LogP contribution in [0.2, 0.25) is 0 Å². The zero-order chi connectivity index (χ0) is 17.2. The smallest absolute Gasteiger partial charge is 0.0457 e. The summed E-state index contributed by atoms with van der Waals surface area (Å²) in [5.41, 5.74) is 8.10. The van der Waals surface area contributed by atoms with Gasteiger partial charge in [-0.3, -0.25) is 0 Å². The van der Waals surface area contributed by atoms with Gasteiger partial charge < -0.3 is 9.97 Å². The van der Waals surface area contributed by atoms with Crippen LogP contribution < -0.4 is 0 Å². The highest BCUT2D eigenvalue weighted by atomic mass is 14.7. The van der Waals surface area contributed by atoms with Crippen LogP contribution in [0.1, 0.15) is 48.9 Å². The summed E-state index contributed by atoms with van der Waals surface area (Å²) in [7, 11) is 0. The Morgan fingerprint density at radius 2 is 1.16 bits per heavy atom. The van der Waals surface area contributed by atoms with Crippen molar-refractivity contribution < 1.29 is 0 Å². The summed E-state index contributed by atoms with van der Waals surface area (Å²) in [6.07, 6.45) is 9.99. The van der Waals surface area contributed by atoms with Gasteiger partial charge in [0.15, 0.2) is 0 Å². The standard InChI is InChI=1S/C23H26N2/c1-3-5-16-7-9-22-20(11-16)18(14-24-22)13-19-15-25-23-10-8-17(6-4-2)12-21(19)23/h7-12,14-15,24-25H,3-6,13H2,1-2H3. The van der Waals surface area contributed by atoms with Gasteiger partial charge in [-0.15, -0.1) is 0 Å². The van der Waals surface area contributed by atoms with Crippen molar-refractivity contribution in [3.8, 4) is 0 Å². The lowest BCUT2D eigenvalue weighted by Gasteiger charge is -2.04. The van der Waals surface area contributed by atoms with Crippen LogP contribution in [-0.4, -0.2) is 9.97 Å². The van der Waals surface area contributed by atoms with Crippen LogP contribution in [0, 0.1) is 0 Å². The largest absolute Gasteiger partial charge is 0.361 e. The Morgan fingerprint density at radius 3 is 1.60 bits per heavy atom. The quantitative estimate of drug-likeness (QED) is 0.425. The lowest BCUT2D eigenvalue weighted by molar-refractivity contribution is 0.923. The van der Waals surface area contributed by atoms with Crippen LogP contribution in [0.15, 0.2) is 48.8 Å². The molecule has 0 unspecified atom stereocenters. The van der Waals surface area contributed by atoms with Gasteiger partial charge in [0.2, 0.25) is 0 Å². The van der Waals surface area contributed by atoms with Crippen molar-refractivity contribution in [1.82, 2.24) is 9.97 Å². The molecule has 0 spiro atoms. The van der Waals surface area contributed by atoms with E-state index in [4.69, 9.17) is 0 Å². The Hall–Kier alpha value is -2.48. The fourth-order valence-corrected chi connectivity index (χ4v) is 3.84. The summed E-state index contributed by atoms with van der Waals surface area (Å²) >= 11 is 0. The minimum absolute atomic E-state index is 0.963. The average molecular weight is 330 g/mol. The third-order valence-electron chi connectivity index (χ3n) is 5.12. The van der Waals surface area contributed by atoms with Gasteiger partial charge in [0, 0.05) is 40.6 Å². The number of rotatable bonds is 6. The Kier molecular flexibility index (Phi) is 4.35. The summed E-state index contributed by atoms with van der Waals surface area (Å²) in [4.78, 5) is 6.88. The van der Waals surface area contributed by atoms with E-state index in [2.05, 4.69) is 72.6 Å². The van der Waals surface area contributed by atoms with Crippen molar-refractivity contribution in [2.24, 2.45) is 0 Å². The van der Waals surface area contributed by atoms with E-state index in [1.807, 2.05) is 0 Å². The van der Waals surface area contributed by atoms with Crippen molar-refractivity contribution in [1.29, 1.82) is 0 Å². The van der Waals surface area contributed by atoms with Gasteiger partial charge in [0.05, 0.1) is 0 Å². The van der Waals surface area contributed by atoms with E-state index in [0.29, 0.717) is 0 Å². The molecule has 25 heavy (non-hydrogen) atoms. The maximum Gasteiger partial charge on any atom is 0.0457 e. The topological polar surface area (TPSA) is 31.6 Å². The molecule has 0 radical (unpaired) electrons. The molecular formula is C23H26N2. The minimum Gasteiger partial charge on any atom is -0.361 e. The maximum absolute atomic E-state index is 3.44. The predicted molar refractivity (Wildman–Crippen MR) is 107 cm³/mol. The number of benzene rings is 2. The summed E-state index contributed by atoms with van der Waals surface area (Å²) in [6.45, 7) is 4.48. The van der Waals surface area contributed by atoms with Crippen LogP contribution in [0.4, 0.5) is 0 Å². The van der Waals surface area contributed by atoms with Crippen LogP contribution in [0.5, 0.6) is 0 Å². The molecule has 2 N–H and O–H groups in total. The van der Waals surface area contributed by atoms with Crippen LogP contribution in [0.25, 0.3) is 21.8 Å². The molecule has 0 aliphatic heterocycles. The van der Waals surface area contributed by atoms with Crippen LogP contribution >= 0.6 is 0 Å². The number of H-pyrrole nitrogens is 2. The zero-order valence-electron chi connectivity index (χ0n) is 15.2. The molecule has 2 nitrogen and oxygen atoms in total. The van der Waals surface area contributed by atoms with Crippen molar-refractivity contribution in [2.45, 2.75) is 46.0 Å². The van der Waals surface area contributed by atoms with Gasteiger partial charge in [-0.1, -0.05) is 38.8 Å². The maximum atomic E-state index is 3.44. The second-order valence-electron chi connectivity index (χ2n) is 7.06. The number of aromatic amines is 2. The van der Waals surface area contributed by atoms with E-state index < -0.39 is 0 Å². The molecule has 4 aromatic rings. The van der Waals surface area contributed by atoms with E-state index in [1.54, 1.807) is 0 Å². The number of hydrogen-bond donors (Lipinski definition) is 2. The highest BCUT2D eigenvalue weighted by molar-refractivity contribution is 5.87. The monoisotopic (exact) mass is 330 g/mol. The molecule has 0 fully saturated rings. The van der Waals surface area contributed by atoms with E-state index >= 15 is 0 Å². The Morgan fingerprint density at radius 1 is 0.680 bits per heavy atom. The molecule has 128 valence electrons. The van der Waals surface area contributed by atoms with E-state index in [1.165, 1.54) is 56.9 Å². The number of nitrogens with one attached hydrogen (secondary N) is 2. The van der Waals surface area contributed by atoms with E-state index in [0.717, 1.165) is 19.3 Å². The lowest BCUT2D eigenvalue weighted by atomic mass is 10.00. The first kappa shape index (κ1) is 16.0. The van der Waals surface area contributed by atoms with Crippen molar-refractivity contribution in [3.05, 3.63) is 71.0 Å². The fourth-order valence-electron chi connectivity index (χ4n) is 3.84. The summed E-state index contributed by atoms with van der Waals surface area (Å²) in [5.74, 6) is 0. The Balaban J connectivity index is 1.72. The third kappa shape index (κ3) is 3.09. The first-order chi connectivity index (χ1) is 12.3.